The van der Waals surface area contributed by atoms with Crippen LogP contribution in [-0.4, -0.2) is 36.1 Å². The Kier molecular flexibility index (Phi) is 8.06. The molecule has 0 radical (unpaired) electrons. The molecule has 0 aromatic rings. The van der Waals surface area contributed by atoms with E-state index in [0.29, 0.717) is 25.8 Å². The molecule has 19 heavy (non-hydrogen) atoms. The van der Waals surface area contributed by atoms with Crippen molar-refractivity contribution < 1.29 is 18.0 Å². The minimum atomic E-state index is -4.36. The van der Waals surface area contributed by atoms with Crippen molar-refractivity contribution in [2.75, 3.05) is 13.1 Å². The van der Waals surface area contributed by atoms with Crippen molar-refractivity contribution in [3.8, 4) is 0 Å². The Labute approximate surface area is 113 Å². The molecular formula is C13H25F3N2O. The van der Waals surface area contributed by atoms with E-state index in [2.05, 4.69) is 0 Å². The van der Waals surface area contributed by atoms with Crippen LogP contribution in [0.2, 0.25) is 0 Å². The molecule has 0 aliphatic rings. The van der Waals surface area contributed by atoms with Crippen LogP contribution in [0.25, 0.3) is 0 Å². The molecule has 0 fully saturated rings. The molecule has 0 aromatic heterocycles. The van der Waals surface area contributed by atoms with Crippen molar-refractivity contribution >= 4 is 5.91 Å². The van der Waals surface area contributed by atoms with Crippen LogP contribution in [0.15, 0.2) is 0 Å². The van der Waals surface area contributed by atoms with E-state index in [1.54, 1.807) is 13.8 Å². The number of hydrogen-bond donors (Lipinski definition) is 1. The van der Waals surface area contributed by atoms with Crippen molar-refractivity contribution in [2.45, 2.75) is 58.7 Å². The lowest BCUT2D eigenvalue weighted by Gasteiger charge is -2.32. The first-order chi connectivity index (χ1) is 8.78. The number of nitrogens with zero attached hydrogens (tertiary/aromatic N) is 1. The second-order valence-electron chi connectivity index (χ2n) is 4.82. The van der Waals surface area contributed by atoms with Crippen LogP contribution in [0.4, 0.5) is 13.2 Å². The number of amides is 1. The molecular weight excluding hydrogens is 257 g/mol. The molecule has 0 bridgehead atoms. The Morgan fingerprint density at radius 3 is 2.00 bits per heavy atom. The molecule has 1 unspecified atom stereocenters. The van der Waals surface area contributed by atoms with Gasteiger partial charge in [0.2, 0.25) is 5.91 Å². The quantitative estimate of drug-likeness (QED) is 0.744. The summed E-state index contributed by atoms with van der Waals surface area (Å²) in [5.41, 5.74) is 5.51. The summed E-state index contributed by atoms with van der Waals surface area (Å²) in [6.45, 7) is 4.64. The fraction of sp³-hybridized carbons (Fsp3) is 0.923. The molecule has 0 spiro atoms. The van der Waals surface area contributed by atoms with E-state index in [4.69, 9.17) is 5.73 Å². The third-order valence-corrected chi connectivity index (χ3v) is 3.43. The summed E-state index contributed by atoms with van der Waals surface area (Å²) in [4.78, 5) is 13.0. The normalized spacial score (nSPS) is 13.7. The van der Waals surface area contributed by atoms with Crippen LogP contribution >= 0.6 is 0 Å². The van der Waals surface area contributed by atoms with E-state index >= 15 is 0 Å². The fourth-order valence-electron chi connectivity index (χ4n) is 2.10. The summed E-state index contributed by atoms with van der Waals surface area (Å²) in [7, 11) is 0. The van der Waals surface area contributed by atoms with E-state index < -0.39 is 18.6 Å². The minimum absolute atomic E-state index is 0.0439. The van der Waals surface area contributed by atoms with Crippen LogP contribution in [0.1, 0.15) is 46.5 Å². The van der Waals surface area contributed by atoms with Crippen molar-refractivity contribution in [2.24, 2.45) is 11.7 Å². The van der Waals surface area contributed by atoms with Gasteiger partial charge in [0.25, 0.3) is 0 Å². The van der Waals surface area contributed by atoms with Gasteiger partial charge in [-0.2, -0.15) is 13.2 Å². The zero-order valence-corrected chi connectivity index (χ0v) is 12.0. The fourth-order valence-corrected chi connectivity index (χ4v) is 2.10. The number of nitrogens with two attached hydrogens (primary N) is 1. The topological polar surface area (TPSA) is 46.3 Å². The Balaban J connectivity index is 4.86. The van der Waals surface area contributed by atoms with Gasteiger partial charge in [0.1, 0.15) is 6.54 Å². The first kappa shape index (κ1) is 18.2. The number of carbonyl (C=O) groups excluding carboxylic acids is 1. The number of rotatable bonds is 8. The van der Waals surface area contributed by atoms with Crippen LogP contribution in [0.3, 0.4) is 0 Å². The summed E-state index contributed by atoms with van der Waals surface area (Å²) in [5.74, 6) is -0.485. The molecule has 0 saturated carbocycles. The second kappa shape index (κ2) is 8.40. The minimum Gasteiger partial charge on any atom is -0.331 e. The second-order valence-corrected chi connectivity index (χ2v) is 4.82. The molecule has 114 valence electrons. The summed E-state index contributed by atoms with van der Waals surface area (Å²) < 4.78 is 37.7. The molecule has 0 aliphatic heterocycles. The van der Waals surface area contributed by atoms with Gasteiger partial charge in [-0.05, 0) is 25.3 Å². The molecule has 6 heteroatoms. The van der Waals surface area contributed by atoms with Gasteiger partial charge in [-0.25, -0.2) is 0 Å². The predicted octanol–water partition coefficient (Wildman–Crippen LogP) is 2.94. The maximum absolute atomic E-state index is 12.6. The summed E-state index contributed by atoms with van der Waals surface area (Å²) in [6.07, 6.45) is -2.51. The zero-order valence-electron chi connectivity index (χ0n) is 12.0. The summed E-state index contributed by atoms with van der Waals surface area (Å²) >= 11 is 0. The Hall–Kier alpha value is -0.780. The molecule has 0 aromatic carbocycles. The van der Waals surface area contributed by atoms with Gasteiger partial charge < -0.3 is 10.6 Å². The highest BCUT2D eigenvalue weighted by Crippen LogP contribution is 2.22. The molecule has 0 rings (SSSR count). The molecule has 0 heterocycles. The number of hydrogen-bond acceptors (Lipinski definition) is 2. The highest BCUT2D eigenvalue weighted by molar-refractivity contribution is 5.76. The van der Waals surface area contributed by atoms with E-state index in [-0.39, 0.29) is 18.4 Å². The molecule has 3 nitrogen and oxygen atoms in total. The SMILES string of the molecule is CCC(CN)CC(=O)N(CC(F)(F)F)C(CC)CC. The Bertz CT molecular complexity index is 261. The first-order valence-corrected chi connectivity index (χ1v) is 6.85. The maximum Gasteiger partial charge on any atom is 0.406 e. The van der Waals surface area contributed by atoms with Crippen molar-refractivity contribution in [3.05, 3.63) is 0 Å². The van der Waals surface area contributed by atoms with E-state index in [1.807, 2.05) is 6.92 Å². The third-order valence-electron chi connectivity index (χ3n) is 3.43. The number of alkyl halides is 3. The molecule has 2 N–H and O–H groups in total. The largest absolute Gasteiger partial charge is 0.406 e. The monoisotopic (exact) mass is 282 g/mol. The van der Waals surface area contributed by atoms with Gasteiger partial charge in [0, 0.05) is 12.5 Å². The average Bonchev–Trinajstić information content (AvgIpc) is 2.34. The predicted molar refractivity (Wildman–Crippen MR) is 69.6 cm³/mol. The smallest absolute Gasteiger partial charge is 0.331 e. The molecule has 0 aliphatic carbocycles. The van der Waals surface area contributed by atoms with Crippen LogP contribution < -0.4 is 5.73 Å². The van der Waals surface area contributed by atoms with E-state index in [0.717, 1.165) is 4.90 Å². The van der Waals surface area contributed by atoms with Gasteiger partial charge >= 0.3 is 6.18 Å². The molecule has 1 amide bonds. The Morgan fingerprint density at radius 2 is 1.68 bits per heavy atom. The van der Waals surface area contributed by atoms with Crippen LogP contribution in [-0.2, 0) is 4.79 Å². The number of carbonyl (C=O) groups is 1. The van der Waals surface area contributed by atoms with Crippen molar-refractivity contribution in [1.29, 1.82) is 0 Å². The first-order valence-electron chi connectivity index (χ1n) is 6.85. The average molecular weight is 282 g/mol. The lowest BCUT2D eigenvalue weighted by Crippen LogP contribution is -2.46. The highest BCUT2D eigenvalue weighted by atomic mass is 19.4. The summed E-state index contributed by atoms with van der Waals surface area (Å²) in [5, 5.41) is 0. The van der Waals surface area contributed by atoms with Gasteiger partial charge in [-0.3, -0.25) is 4.79 Å². The summed E-state index contributed by atoms with van der Waals surface area (Å²) in [6, 6.07) is -0.357. The van der Waals surface area contributed by atoms with Crippen LogP contribution in [0, 0.1) is 5.92 Å². The Morgan fingerprint density at radius 1 is 1.16 bits per heavy atom. The van der Waals surface area contributed by atoms with Gasteiger partial charge in [0.05, 0.1) is 0 Å². The number of halogens is 3. The molecule has 1 atom stereocenters. The van der Waals surface area contributed by atoms with Gasteiger partial charge in [0.15, 0.2) is 0 Å². The van der Waals surface area contributed by atoms with Gasteiger partial charge in [-0.1, -0.05) is 27.2 Å². The standard InChI is InChI=1S/C13H25F3N2O/c1-4-10(8-17)7-12(19)18(9-13(14,15)16)11(5-2)6-3/h10-11H,4-9,17H2,1-3H3. The van der Waals surface area contributed by atoms with E-state index in [1.165, 1.54) is 0 Å². The third kappa shape index (κ3) is 6.80. The van der Waals surface area contributed by atoms with Crippen molar-refractivity contribution in [3.63, 3.8) is 0 Å². The lowest BCUT2D eigenvalue weighted by atomic mass is 10.0. The highest BCUT2D eigenvalue weighted by Gasteiger charge is 2.35. The van der Waals surface area contributed by atoms with Crippen molar-refractivity contribution in [1.82, 2.24) is 4.90 Å². The zero-order chi connectivity index (χ0) is 15.1. The van der Waals surface area contributed by atoms with Crippen LogP contribution in [0.5, 0.6) is 0 Å². The van der Waals surface area contributed by atoms with E-state index in [9.17, 15) is 18.0 Å². The maximum atomic E-state index is 12.6. The lowest BCUT2D eigenvalue weighted by molar-refractivity contribution is -0.166. The van der Waals surface area contributed by atoms with Gasteiger partial charge in [-0.15, -0.1) is 0 Å². The molecule has 0 saturated heterocycles.